The summed E-state index contributed by atoms with van der Waals surface area (Å²) in [6, 6.07) is 14.1. The van der Waals surface area contributed by atoms with Crippen molar-refractivity contribution in [3.63, 3.8) is 0 Å². The molecule has 0 spiro atoms. The van der Waals surface area contributed by atoms with Gasteiger partial charge in [-0.3, -0.25) is 0 Å². The van der Waals surface area contributed by atoms with E-state index in [0.717, 1.165) is 26.4 Å². The Morgan fingerprint density at radius 3 is 2.75 bits per heavy atom. The minimum Gasteiger partial charge on any atom is -0.496 e. The maximum absolute atomic E-state index is 6.20. The molecule has 0 fully saturated rings. The second kappa shape index (κ2) is 7.11. The normalized spacial score (nSPS) is 12.2. The highest BCUT2D eigenvalue weighted by atomic mass is 79.9. The summed E-state index contributed by atoms with van der Waals surface area (Å²) in [6.45, 7) is 2.82. The van der Waals surface area contributed by atoms with Crippen molar-refractivity contribution in [2.24, 2.45) is 0 Å². The third-order valence-electron chi connectivity index (χ3n) is 3.21. The lowest BCUT2D eigenvalue weighted by atomic mass is 10.1. The Morgan fingerprint density at radius 1 is 1.25 bits per heavy atom. The molecular weight excluding hydrogens is 338 g/mol. The number of methoxy groups -OCH3 is 1. The van der Waals surface area contributed by atoms with Crippen LogP contribution in [0, 0.1) is 0 Å². The first kappa shape index (κ1) is 15.4. The zero-order valence-corrected chi connectivity index (χ0v) is 13.8. The standard InChI is InChI=1S/C16H17BrClNO/c1-11(14-5-3-4-6-16(14)20-2)19-10-12-9-13(17)7-8-15(12)18/h3-9,11,19H,10H2,1-2H3/t11-/m0/s1. The van der Waals surface area contributed by atoms with Crippen LogP contribution in [0.3, 0.4) is 0 Å². The quantitative estimate of drug-likeness (QED) is 0.819. The van der Waals surface area contributed by atoms with Gasteiger partial charge in [-0.1, -0.05) is 45.7 Å². The third kappa shape index (κ3) is 3.75. The lowest BCUT2D eigenvalue weighted by molar-refractivity contribution is 0.401. The van der Waals surface area contributed by atoms with E-state index in [-0.39, 0.29) is 6.04 Å². The summed E-state index contributed by atoms with van der Waals surface area (Å²) in [7, 11) is 1.69. The molecular formula is C16H17BrClNO. The van der Waals surface area contributed by atoms with Crippen molar-refractivity contribution in [3.8, 4) is 5.75 Å². The first-order valence-electron chi connectivity index (χ1n) is 6.42. The molecule has 0 aliphatic rings. The van der Waals surface area contributed by atoms with Gasteiger partial charge in [-0.15, -0.1) is 0 Å². The zero-order valence-electron chi connectivity index (χ0n) is 11.5. The van der Waals surface area contributed by atoms with Crippen LogP contribution in [0.25, 0.3) is 0 Å². The van der Waals surface area contributed by atoms with Crippen molar-refractivity contribution in [3.05, 3.63) is 63.1 Å². The molecule has 0 saturated heterocycles. The summed E-state index contributed by atoms with van der Waals surface area (Å²) in [4.78, 5) is 0. The molecule has 1 atom stereocenters. The van der Waals surface area contributed by atoms with Crippen LogP contribution in [0.5, 0.6) is 5.75 Å². The number of benzene rings is 2. The van der Waals surface area contributed by atoms with Crippen LogP contribution in [0.15, 0.2) is 46.9 Å². The molecule has 0 bridgehead atoms. The Kier molecular flexibility index (Phi) is 5.46. The largest absolute Gasteiger partial charge is 0.496 e. The number of hydrogen-bond donors (Lipinski definition) is 1. The van der Waals surface area contributed by atoms with Crippen LogP contribution in [0.4, 0.5) is 0 Å². The highest BCUT2D eigenvalue weighted by Gasteiger charge is 2.11. The van der Waals surface area contributed by atoms with Crippen LogP contribution < -0.4 is 10.1 Å². The number of ether oxygens (including phenoxy) is 1. The number of para-hydroxylation sites is 1. The Hall–Kier alpha value is -1.03. The van der Waals surface area contributed by atoms with Gasteiger partial charge in [0.1, 0.15) is 5.75 Å². The van der Waals surface area contributed by atoms with Crippen LogP contribution in [0.2, 0.25) is 5.02 Å². The Balaban J connectivity index is 2.08. The van der Waals surface area contributed by atoms with E-state index < -0.39 is 0 Å². The maximum Gasteiger partial charge on any atom is 0.123 e. The van der Waals surface area contributed by atoms with Crippen molar-refractivity contribution in [2.75, 3.05) is 7.11 Å². The summed E-state index contributed by atoms with van der Waals surface area (Å²) in [5, 5.41) is 4.24. The van der Waals surface area contributed by atoms with Gasteiger partial charge in [0.15, 0.2) is 0 Å². The monoisotopic (exact) mass is 353 g/mol. The van der Waals surface area contributed by atoms with Crippen LogP contribution in [-0.2, 0) is 6.54 Å². The number of halogens is 2. The van der Waals surface area contributed by atoms with Gasteiger partial charge in [0.05, 0.1) is 7.11 Å². The predicted molar refractivity (Wildman–Crippen MR) is 87.4 cm³/mol. The maximum atomic E-state index is 6.20. The molecule has 0 unspecified atom stereocenters. The van der Waals surface area contributed by atoms with Gasteiger partial charge in [0.2, 0.25) is 0 Å². The van der Waals surface area contributed by atoms with Gasteiger partial charge in [-0.05, 0) is 36.8 Å². The fourth-order valence-electron chi connectivity index (χ4n) is 2.08. The van der Waals surface area contributed by atoms with Gasteiger partial charge in [-0.2, -0.15) is 0 Å². The van der Waals surface area contributed by atoms with E-state index in [0.29, 0.717) is 6.54 Å². The molecule has 2 aromatic rings. The molecule has 0 radical (unpaired) electrons. The van der Waals surface area contributed by atoms with Crippen molar-refractivity contribution in [2.45, 2.75) is 19.5 Å². The number of nitrogens with one attached hydrogen (secondary N) is 1. The lowest BCUT2D eigenvalue weighted by Crippen LogP contribution is -2.18. The SMILES string of the molecule is COc1ccccc1[C@H](C)NCc1cc(Br)ccc1Cl. The first-order valence-corrected chi connectivity index (χ1v) is 7.59. The smallest absolute Gasteiger partial charge is 0.123 e. The summed E-state index contributed by atoms with van der Waals surface area (Å²) in [5.74, 6) is 0.896. The van der Waals surface area contributed by atoms with Crippen LogP contribution in [-0.4, -0.2) is 7.11 Å². The molecule has 4 heteroatoms. The van der Waals surface area contributed by atoms with Gasteiger partial charge in [0, 0.05) is 27.6 Å². The Morgan fingerprint density at radius 2 is 2.00 bits per heavy atom. The Labute approximate surface area is 133 Å². The van der Waals surface area contributed by atoms with E-state index in [2.05, 4.69) is 34.2 Å². The first-order chi connectivity index (χ1) is 9.61. The average Bonchev–Trinajstić information content (AvgIpc) is 2.47. The highest BCUT2D eigenvalue weighted by Crippen LogP contribution is 2.26. The van der Waals surface area contributed by atoms with E-state index >= 15 is 0 Å². The molecule has 20 heavy (non-hydrogen) atoms. The van der Waals surface area contributed by atoms with Crippen molar-refractivity contribution >= 4 is 27.5 Å². The molecule has 1 N–H and O–H groups in total. The zero-order chi connectivity index (χ0) is 14.5. The fourth-order valence-corrected chi connectivity index (χ4v) is 2.67. The number of hydrogen-bond acceptors (Lipinski definition) is 2. The van der Waals surface area contributed by atoms with E-state index in [1.54, 1.807) is 7.11 Å². The molecule has 0 heterocycles. The van der Waals surface area contributed by atoms with Crippen molar-refractivity contribution in [1.29, 1.82) is 0 Å². The summed E-state index contributed by atoms with van der Waals surface area (Å²) in [6.07, 6.45) is 0. The van der Waals surface area contributed by atoms with Gasteiger partial charge in [0.25, 0.3) is 0 Å². The van der Waals surface area contributed by atoms with E-state index in [9.17, 15) is 0 Å². The van der Waals surface area contributed by atoms with Crippen molar-refractivity contribution in [1.82, 2.24) is 5.32 Å². The minimum absolute atomic E-state index is 0.182. The fraction of sp³-hybridized carbons (Fsp3) is 0.250. The van der Waals surface area contributed by atoms with E-state index in [1.807, 2.05) is 36.4 Å². The second-order valence-corrected chi connectivity index (χ2v) is 5.90. The predicted octanol–water partition coefficient (Wildman–Crippen LogP) is 4.96. The van der Waals surface area contributed by atoms with Gasteiger partial charge in [-0.25, -0.2) is 0 Å². The molecule has 0 aromatic heterocycles. The summed E-state index contributed by atoms with van der Waals surface area (Å²) >= 11 is 9.66. The van der Waals surface area contributed by atoms with E-state index in [4.69, 9.17) is 16.3 Å². The van der Waals surface area contributed by atoms with Gasteiger partial charge >= 0.3 is 0 Å². The van der Waals surface area contributed by atoms with Crippen LogP contribution >= 0.6 is 27.5 Å². The third-order valence-corrected chi connectivity index (χ3v) is 4.07. The second-order valence-electron chi connectivity index (χ2n) is 4.58. The molecule has 0 amide bonds. The summed E-state index contributed by atoms with van der Waals surface area (Å²) in [5.41, 5.74) is 2.21. The average molecular weight is 355 g/mol. The van der Waals surface area contributed by atoms with Crippen molar-refractivity contribution < 1.29 is 4.74 Å². The Bertz CT molecular complexity index is 588. The minimum atomic E-state index is 0.182. The molecule has 2 aromatic carbocycles. The number of rotatable bonds is 5. The molecule has 106 valence electrons. The molecule has 2 nitrogen and oxygen atoms in total. The molecule has 0 saturated carbocycles. The van der Waals surface area contributed by atoms with E-state index in [1.165, 1.54) is 0 Å². The molecule has 0 aliphatic heterocycles. The van der Waals surface area contributed by atoms with Gasteiger partial charge < -0.3 is 10.1 Å². The van der Waals surface area contributed by atoms with Crippen LogP contribution in [0.1, 0.15) is 24.1 Å². The summed E-state index contributed by atoms with van der Waals surface area (Å²) < 4.78 is 6.42. The topological polar surface area (TPSA) is 21.3 Å². The highest BCUT2D eigenvalue weighted by molar-refractivity contribution is 9.10. The lowest BCUT2D eigenvalue weighted by Gasteiger charge is -2.17. The molecule has 2 rings (SSSR count). The molecule has 0 aliphatic carbocycles.